The summed E-state index contributed by atoms with van der Waals surface area (Å²) >= 11 is 1.95. The number of hydrogen-bond donors (Lipinski definition) is 0. The molecule has 0 bridgehead atoms. The Morgan fingerprint density at radius 2 is 1.56 bits per heavy atom. The summed E-state index contributed by atoms with van der Waals surface area (Å²) in [5.41, 5.74) is 3.35. The van der Waals surface area contributed by atoms with Crippen LogP contribution in [0.25, 0.3) is 0 Å². The second-order valence-corrected chi connectivity index (χ2v) is 7.76. The predicted octanol–water partition coefficient (Wildman–Crippen LogP) is 3.78. The number of rotatable bonds is 6. The van der Waals surface area contributed by atoms with E-state index < -0.39 is 0 Å². The molecule has 0 aromatic heterocycles. The van der Waals surface area contributed by atoms with Gasteiger partial charge >= 0.3 is 0 Å². The van der Waals surface area contributed by atoms with Crippen molar-refractivity contribution >= 4 is 11.8 Å². The standard InChI is InChI=1S/C21H25N3S/c1-18-2-8-21(9-3-18)25-15-14-23-10-12-24(13-11-23)17-20-6-4-19(16-22)5-7-20/h2-9H,10-15,17H2,1H3. The summed E-state index contributed by atoms with van der Waals surface area (Å²) in [6.45, 7) is 8.80. The van der Waals surface area contributed by atoms with Crippen LogP contribution in [0.5, 0.6) is 0 Å². The van der Waals surface area contributed by atoms with Crippen LogP contribution in [0.1, 0.15) is 16.7 Å². The summed E-state index contributed by atoms with van der Waals surface area (Å²) in [7, 11) is 0. The Labute approximate surface area is 155 Å². The van der Waals surface area contributed by atoms with Crippen molar-refractivity contribution in [1.29, 1.82) is 5.26 Å². The summed E-state index contributed by atoms with van der Waals surface area (Å²) in [6.07, 6.45) is 0. The Hall–Kier alpha value is -1.80. The van der Waals surface area contributed by atoms with Gasteiger partial charge in [-0.25, -0.2) is 0 Å². The molecule has 0 amide bonds. The summed E-state index contributed by atoms with van der Waals surface area (Å²) in [5.74, 6) is 1.15. The topological polar surface area (TPSA) is 30.3 Å². The Kier molecular flexibility index (Phi) is 6.52. The van der Waals surface area contributed by atoms with Crippen molar-refractivity contribution in [1.82, 2.24) is 9.80 Å². The highest BCUT2D eigenvalue weighted by molar-refractivity contribution is 7.99. The summed E-state index contributed by atoms with van der Waals surface area (Å²) in [4.78, 5) is 6.44. The molecule has 4 heteroatoms. The molecule has 3 rings (SSSR count). The largest absolute Gasteiger partial charge is 0.300 e. The van der Waals surface area contributed by atoms with Crippen LogP contribution < -0.4 is 0 Å². The maximum Gasteiger partial charge on any atom is 0.0991 e. The van der Waals surface area contributed by atoms with E-state index in [4.69, 9.17) is 5.26 Å². The molecule has 0 radical (unpaired) electrons. The van der Waals surface area contributed by atoms with Gasteiger partial charge in [-0.2, -0.15) is 5.26 Å². The van der Waals surface area contributed by atoms with Gasteiger partial charge in [-0.15, -0.1) is 11.8 Å². The lowest BCUT2D eigenvalue weighted by Gasteiger charge is -2.34. The molecule has 0 spiro atoms. The van der Waals surface area contributed by atoms with Crippen LogP contribution in [-0.4, -0.2) is 48.3 Å². The molecule has 0 aliphatic carbocycles. The molecule has 130 valence electrons. The number of nitriles is 1. The first-order chi connectivity index (χ1) is 12.2. The second-order valence-electron chi connectivity index (χ2n) is 6.59. The van der Waals surface area contributed by atoms with Gasteiger partial charge in [-0.3, -0.25) is 9.80 Å². The van der Waals surface area contributed by atoms with E-state index in [1.807, 2.05) is 23.9 Å². The third kappa shape index (κ3) is 5.61. The lowest BCUT2D eigenvalue weighted by atomic mass is 10.1. The van der Waals surface area contributed by atoms with Crippen LogP contribution in [0.3, 0.4) is 0 Å². The molecule has 0 atom stereocenters. The third-order valence-corrected chi connectivity index (χ3v) is 5.64. The maximum absolute atomic E-state index is 8.87. The monoisotopic (exact) mass is 351 g/mol. The average molecular weight is 352 g/mol. The molecule has 1 heterocycles. The minimum absolute atomic E-state index is 0.736. The zero-order chi connectivity index (χ0) is 17.5. The smallest absolute Gasteiger partial charge is 0.0991 e. The normalized spacial score (nSPS) is 15.8. The molecule has 2 aromatic rings. The molecule has 0 saturated carbocycles. The van der Waals surface area contributed by atoms with Crippen LogP contribution in [0.2, 0.25) is 0 Å². The number of thioether (sulfide) groups is 1. The molecule has 25 heavy (non-hydrogen) atoms. The van der Waals surface area contributed by atoms with Gasteiger partial charge in [0.25, 0.3) is 0 Å². The van der Waals surface area contributed by atoms with Gasteiger partial charge < -0.3 is 0 Å². The fourth-order valence-electron chi connectivity index (χ4n) is 3.04. The highest BCUT2D eigenvalue weighted by Gasteiger charge is 2.16. The molecule has 1 fully saturated rings. The minimum atomic E-state index is 0.736. The van der Waals surface area contributed by atoms with E-state index >= 15 is 0 Å². The van der Waals surface area contributed by atoms with Gasteiger partial charge in [0.1, 0.15) is 0 Å². The fourth-order valence-corrected chi connectivity index (χ4v) is 3.95. The van der Waals surface area contributed by atoms with Gasteiger partial charge in [-0.1, -0.05) is 29.8 Å². The lowest BCUT2D eigenvalue weighted by molar-refractivity contribution is 0.133. The van der Waals surface area contributed by atoms with Gasteiger partial charge in [0.15, 0.2) is 0 Å². The minimum Gasteiger partial charge on any atom is -0.300 e. The summed E-state index contributed by atoms with van der Waals surface area (Å²) < 4.78 is 0. The van der Waals surface area contributed by atoms with E-state index in [2.05, 4.69) is 59.2 Å². The molecule has 2 aromatic carbocycles. The van der Waals surface area contributed by atoms with Crippen molar-refractivity contribution in [2.24, 2.45) is 0 Å². The Morgan fingerprint density at radius 3 is 2.20 bits per heavy atom. The summed E-state index contributed by atoms with van der Waals surface area (Å²) in [6, 6.07) is 18.9. The molecular weight excluding hydrogens is 326 g/mol. The lowest BCUT2D eigenvalue weighted by Crippen LogP contribution is -2.46. The first kappa shape index (κ1) is 18.0. The second kappa shape index (κ2) is 9.05. The first-order valence-corrected chi connectivity index (χ1v) is 9.85. The molecule has 1 aliphatic heterocycles. The third-order valence-electron chi connectivity index (χ3n) is 4.65. The van der Waals surface area contributed by atoms with Crippen molar-refractivity contribution < 1.29 is 0 Å². The number of nitrogens with zero attached hydrogens (tertiary/aromatic N) is 3. The Balaban J connectivity index is 1.36. The molecule has 1 saturated heterocycles. The van der Waals surface area contributed by atoms with Crippen molar-refractivity contribution in [2.75, 3.05) is 38.5 Å². The number of hydrogen-bond acceptors (Lipinski definition) is 4. The molecule has 0 unspecified atom stereocenters. The van der Waals surface area contributed by atoms with E-state index in [0.717, 1.165) is 50.6 Å². The highest BCUT2D eigenvalue weighted by atomic mass is 32.2. The van der Waals surface area contributed by atoms with E-state index in [1.54, 1.807) is 0 Å². The average Bonchev–Trinajstić information content (AvgIpc) is 2.65. The van der Waals surface area contributed by atoms with Crippen molar-refractivity contribution in [3.63, 3.8) is 0 Å². The SMILES string of the molecule is Cc1ccc(SCCN2CCN(Cc3ccc(C#N)cc3)CC2)cc1. The summed E-state index contributed by atoms with van der Waals surface area (Å²) in [5, 5.41) is 8.87. The fraction of sp³-hybridized carbons (Fsp3) is 0.381. The van der Waals surface area contributed by atoms with E-state index in [1.165, 1.54) is 16.0 Å². The molecule has 1 aliphatic rings. The van der Waals surface area contributed by atoms with E-state index in [0.29, 0.717) is 0 Å². The van der Waals surface area contributed by atoms with E-state index in [-0.39, 0.29) is 0 Å². The van der Waals surface area contributed by atoms with E-state index in [9.17, 15) is 0 Å². The van der Waals surface area contributed by atoms with Crippen LogP contribution in [-0.2, 0) is 6.54 Å². The Morgan fingerprint density at radius 1 is 0.920 bits per heavy atom. The van der Waals surface area contributed by atoms with Gasteiger partial charge in [0.2, 0.25) is 0 Å². The van der Waals surface area contributed by atoms with Gasteiger partial charge in [0.05, 0.1) is 11.6 Å². The van der Waals surface area contributed by atoms with Gasteiger partial charge in [-0.05, 0) is 36.8 Å². The van der Waals surface area contributed by atoms with Crippen LogP contribution in [0.15, 0.2) is 53.4 Å². The van der Waals surface area contributed by atoms with Crippen LogP contribution in [0.4, 0.5) is 0 Å². The van der Waals surface area contributed by atoms with Gasteiger partial charge in [0, 0.05) is 49.9 Å². The van der Waals surface area contributed by atoms with Crippen LogP contribution >= 0.6 is 11.8 Å². The van der Waals surface area contributed by atoms with Crippen molar-refractivity contribution in [3.05, 3.63) is 65.2 Å². The quantitative estimate of drug-likeness (QED) is 0.741. The zero-order valence-electron chi connectivity index (χ0n) is 14.8. The molecule has 0 N–H and O–H groups in total. The predicted molar refractivity (Wildman–Crippen MR) is 105 cm³/mol. The Bertz CT molecular complexity index is 695. The molecule has 3 nitrogen and oxygen atoms in total. The van der Waals surface area contributed by atoms with Crippen molar-refractivity contribution in [2.45, 2.75) is 18.4 Å². The zero-order valence-corrected chi connectivity index (χ0v) is 15.6. The first-order valence-electron chi connectivity index (χ1n) is 8.86. The number of piperazine rings is 1. The number of aryl methyl sites for hydroxylation is 1. The van der Waals surface area contributed by atoms with Crippen LogP contribution in [0, 0.1) is 18.3 Å². The molecular formula is C21H25N3S. The van der Waals surface area contributed by atoms with Crippen molar-refractivity contribution in [3.8, 4) is 6.07 Å². The highest BCUT2D eigenvalue weighted by Crippen LogP contribution is 2.18. The maximum atomic E-state index is 8.87. The number of benzene rings is 2.